The van der Waals surface area contributed by atoms with Crippen LogP contribution in [0.4, 0.5) is 0 Å². The van der Waals surface area contributed by atoms with Crippen LogP contribution in [0.3, 0.4) is 0 Å². The first-order valence-electron chi connectivity index (χ1n) is 6.92. The van der Waals surface area contributed by atoms with Crippen LogP contribution in [-0.2, 0) is 4.79 Å². The first-order chi connectivity index (χ1) is 11.6. The van der Waals surface area contributed by atoms with Crippen LogP contribution in [0.2, 0.25) is 0 Å². The molecule has 124 valence electrons. The lowest BCUT2D eigenvalue weighted by Gasteiger charge is -2.09. The second-order valence-corrected chi connectivity index (χ2v) is 4.60. The molecular formula is C16H16N4O4. The summed E-state index contributed by atoms with van der Waals surface area (Å²) in [6, 6.07) is 8.13. The number of primary amides is 1. The average Bonchev–Trinajstić information content (AvgIpc) is 2.61. The fourth-order valence-electron chi connectivity index (χ4n) is 1.77. The van der Waals surface area contributed by atoms with Crippen molar-refractivity contribution in [2.75, 3.05) is 13.7 Å². The molecule has 8 heteroatoms. The van der Waals surface area contributed by atoms with Crippen molar-refractivity contribution >= 4 is 18.0 Å². The van der Waals surface area contributed by atoms with Crippen molar-refractivity contribution in [3.05, 3.63) is 53.9 Å². The van der Waals surface area contributed by atoms with Crippen molar-refractivity contribution in [1.82, 2.24) is 10.4 Å². The molecule has 8 nitrogen and oxygen atoms in total. The van der Waals surface area contributed by atoms with E-state index in [1.807, 2.05) is 0 Å². The number of nitrogens with zero attached hydrogens (tertiary/aromatic N) is 2. The third-order valence-corrected chi connectivity index (χ3v) is 2.88. The van der Waals surface area contributed by atoms with E-state index in [-0.39, 0.29) is 12.5 Å². The smallest absolute Gasteiger partial charge is 0.271 e. The van der Waals surface area contributed by atoms with Gasteiger partial charge in [0.2, 0.25) is 0 Å². The molecule has 0 unspecified atom stereocenters. The largest absolute Gasteiger partial charge is 0.493 e. The normalized spacial score (nSPS) is 10.4. The van der Waals surface area contributed by atoms with Crippen LogP contribution in [0, 0.1) is 0 Å². The SMILES string of the molecule is COc1cc(/C=N/NC(=O)c2ccncc2)ccc1OCC(N)=O. The van der Waals surface area contributed by atoms with E-state index >= 15 is 0 Å². The minimum absolute atomic E-state index is 0.244. The minimum atomic E-state index is -0.582. The van der Waals surface area contributed by atoms with Gasteiger partial charge in [-0.2, -0.15) is 5.10 Å². The lowest BCUT2D eigenvalue weighted by atomic mass is 10.2. The Bertz CT molecular complexity index is 747. The number of hydrogen-bond acceptors (Lipinski definition) is 6. The predicted molar refractivity (Wildman–Crippen MR) is 87.0 cm³/mol. The molecule has 0 aliphatic heterocycles. The van der Waals surface area contributed by atoms with E-state index in [9.17, 15) is 9.59 Å². The van der Waals surface area contributed by atoms with Gasteiger partial charge in [-0.1, -0.05) is 0 Å². The second kappa shape index (κ2) is 8.28. The van der Waals surface area contributed by atoms with Crippen molar-refractivity contribution in [2.45, 2.75) is 0 Å². The molecule has 2 aromatic rings. The highest BCUT2D eigenvalue weighted by Crippen LogP contribution is 2.27. The van der Waals surface area contributed by atoms with E-state index < -0.39 is 5.91 Å². The Morgan fingerprint density at radius 2 is 2.00 bits per heavy atom. The molecular weight excluding hydrogens is 312 g/mol. The molecule has 2 rings (SSSR count). The molecule has 0 aliphatic rings. The van der Waals surface area contributed by atoms with Gasteiger partial charge in [-0.05, 0) is 35.9 Å². The summed E-state index contributed by atoms with van der Waals surface area (Å²) in [5, 5.41) is 3.88. The van der Waals surface area contributed by atoms with E-state index in [0.717, 1.165) is 0 Å². The van der Waals surface area contributed by atoms with Crippen LogP contribution < -0.4 is 20.6 Å². The number of amides is 2. The molecule has 0 bridgehead atoms. The maximum atomic E-state index is 11.8. The van der Waals surface area contributed by atoms with Crippen molar-refractivity contribution in [3.63, 3.8) is 0 Å². The third-order valence-electron chi connectivity index (χ3n) is 2.88. The molecule has 24 heavy (non-hydrogen) atoms. The fraction of sp³-hybridized carbons (Fsp3) is 0.125. The molecule has 2 amide bonds. The van der Waals surface area contributed by atoms with E-state index in [1.165, 1.54) is 25.7 Å². The highest BCUT2D eigenvalue weighted by atomic mass is 16.5. The van der Waals surface area contributed by atoms with Gasteiger partial charge in [0.1, 0.15) is 0 Å². The number of aromatic nitrogens is 1. The van der Waals surface area contributed by atoms with Crippen molar-refractivity contribution in [3.8, 4) is 11.5 Å². The first kappa shape index (κ1) is 16.9. The summed E-state index contributed by atoms with van der Waals surface area (Å²) >= 11 is 0. The van der Waals surface area contributed by atoms with Gasteiger partial charge >= 0.3 is 0 Å². The Hall–Kier alpha value is -3.42. The number of pyridine rings is 1. The van der Waals surface area contributed by atoms with E-state index in [2.05, 4.69) is 15.5 Å². The second-order valence-electron chi connectivity index (χ2n) is 4.60. The number of hydrogen-bond donors (Lipinski definition) is 2. The van der Waals surface area contributed by atoms with Crippen LogP contribution in [0.1, 0.15) is 15.9 Å². The van der Waals surface area contributed by atoms with Gasteiger partial charge < -0.3 is 15.2 Å². The number of carbonyl (C=O) groups excluding carboxylic acids is 2. The number of nitrogens with two attached hydrogens (primary N) is 1. The van der Waals surface area contributed by atoms with Crippen LogP contribution in [-0.4, -0.2) is 36.7 Å². The summed E-state index contributed by atoms with van der Waals surface area (Å²) in [6.07, 6.45) is 4.50. The first-order valence-corrected chi connectivity index (χ1v) is 6.92. The number of carbonyl (C=O) groups is 2. The van der Waals surface area contributed by atoms with Gasteiger partial charge in [-0.15, -0.1) is 0 Å². The Morgan fingerprint density at radius 3 is 2.67 bits per heavy atom. The summed E-state index contributed by atoms with van der Waals surface area (Å²) in [4.78, 5) is 26.4. The number of hydrazone groups is 1. The maximum absolute atomic E-state index is 11.8. The standard InChI is InChI=1S/C16H16N4O4/c1-23-14-8-11(2-3-13(14)24-10-15(17)21)9-19-20-16(22)12-4-6-18-7-5-12/h2-9H,10H2,1H3,(H2,17,21)(H,20,22)/b19-9+. The molecule has 0 aliphatic carbocycles. The van der Waals surface area contributed by atoms with Gasteiger partial charge in [0.05, 0.1) is 13.3 Å². The zero-order valence-electron chi connectivity index (χ0n) is 12.9. The zero-order chi connectivity index (χ0) is 17.4. The zero-order valence-corrected chi connectivity index (χ0v) is 12.9. The van der Waals surface area contributed by atoms with Crippen molar-refractivity contribution in [1.29, 1.82) is 0 Å². The summed E-state index contributed by atoms with van der Waals surface area (Å²) in [5.41, 5.74) is 8.57. The third kappa shape index (κ3) is 4.80. The predicted octanol–water partition coefficient (Wildman–Crippen LogP) is 0.718. The lowest BCUT2D eigenvalue weighted by Crippen LogP contribution is -2.20. The molecule has 0 spiro atoms. The molecule has 1 aromatic heterocycles. The van der Waals surface area contributed by atoms with Gasteiger partial charge in [0, 0.05) is 18.0 Å². The number of methoxy groups -OCH3 is 1. The topological polar surface area (TPSA) is 116 Å². The quantitative estimate of drug-likeness (QED) is 0.574. The molecule has 1 aromatic carbocycles. The highest BCUT2D eigenvalue weighted by molar-refractivity contribution is 5.94. The van der Waals surface area contributed by atoms with E-state index in [0.29, 0.717) is 22.6 Å². The fourth-order valence-corrected chi connectivity index (χ4v) is 1.77. The summed E-state index contributed by atoms with van der Waals surface area (Å²) in [6.45, 7) is -0.244. The van der Waals surface area contributed by atoms with Gasteiger partial charge in [0.25, 0.3) is 11.8 Å². The molecule has 3 N–H and O–H groups in total. The van der Waals surface area contributed by atoms with E-state index in [4.69, 9.17) is 15.2 Å². The number of rotatable bonds is 7. The monoisotopic (exact) mass is 328 g/mol. The maximum Gasteiger partial charge on any atom is 0.271 e. The van der Waals surface area contributed by atoms with Gasteiger partial charge in [-0.25, -0.2) is 5.43 Å². The molecule has 0 radical (unpaired) electrons. The van der Waals surface area contributed by atoms with Crippen LogP contribution in [0.5, 0.6) is 11.5 Å². The van der Waals surface area contributed by atoms with Gasteiger partial charge in [0.15, 0.2) is 18.1 Å². The number of nitrogens with one attached hydrogen (secondary N) is 1. The highest BCUT2D eigenvalue weighted by Gasteiger charge is 2.07. The van der Waals surface area contributed by atoms with Crippen molar-refractivity contribution in [2.24, 2.45) is 10.8 Å². The summed E-state index contributed by atoms with van der Waals surface area (Å²) in [5.74, 6) is -0.126. The molecule has 1 heterocycles. The van der Waals surface area contributed by atoms with Crippen molar-refractivity contribution < 1.29 is 19.1 Å². The Kier molecular flexibility index (Phi) is 5.84. The Morgan fingerprint density at radius 1 is 1.25 bits per heavy atom. The van der Waals surface area contributed by atoms with Crippen LogP contribution in [0.25, 0.3) is 0 Å². The number of benzene rings is 1. The lowest BCUT2D eigenvalue weighted by molar-refractivity contribution is -0.119. The van der Waals surface area contributed by atoms with Crippen LogP contribution >= 0.6 is 0 Å². The van der Waals surface area contributed by atoms with Crippen LogP contribution in [0.15, 0.2) is 47.8 Å². The summed E-state index contributed by atoms with van der Waals surface area (Å²) in [7, 11) is 1.47. The minimum Gasteiger partial charge on any atom is -0.493 e. The van der Waals surface area contributed by atoms with Gasteiger partial charge in [-0.3, -0.25) is 14.6 Å². The molecule has 0 saturated carbocycles. The average molecular weight is 328 g/mol. The molecule has 0 fully saturated rings. The summed E-state index contributed by atoms with van der Waals surface area (Å²) < 4.78 is 10.4. The Balaban J connectivity index is 2.01. The Labute approximate surface area is 138 Å². The number of ether oxygens (including phenoxy) is 2. The molecule has 0 saturated heterocycles. The molecule has 0 atom stereocenters. The van der Waals surface area contributed by atoms with E-state index in [1.54, 1.807) is 30.3 Å².